The average Bonchev–Trinajstić information content (AvgIpc) is 3.22. The lowest BCUT2D eigenvalue weighted by atomic mass is 10.0. The van der Waals surface area contributed by atoms with Crippen molar-refractivity contribution in [1.29, 1.82) is 0 Å². The van der Waals surface area contributed by atoms with Crippen LogP contribution in [0.25, 0.3) is 33.3 Å². The van der Waals surface area contributed by atoms with E-state index in [9.17, 15) is 4.79 Å². The first-order chi connectivity index (χ1) is 15.5. The van der Waals surface area contributed by atoms with Crippen LogP contribution in [0.15, 0.2) is 81.7 Å². The number of fused-ring (bicyclic) bond motifs is 2. The molecule has 0 radical (unpaired) electrons. The topological polar surface area (TPSA) is 64.4 Å². The van der Waals surface area contributed by atoms with Gasteiger partial charge in [0.15, 0.2) is 5.58 Å². The van der Waals surface area contributed by atoms with E-state index in [0.29, 0.717) is 34.0 Å². The van der Waals surface area contributed by atoms with Crippen LogP contribution in [0.1, 0.15) is 15.9 Å². The Morgan fingerprint density at radius 1 is 1.00 bits per heavy atom. The van der Waals surface area contributed by atoms with Crippen LogP contribution in [0.5, 0.6) is 5.75 Å². The van der Waals surface area contributed by atoms with Crippen molar-refractivity contribution in [2.45, 2.75) is 6.92 Å². The number of oxazole rings is 1. The molecule has 0 atom stereocenters. The highest BCUT2D eigenvalue weighted by Gasteiger charge is 2.16. The van der Waals surface area contributed by atoms with Crippen molar-refractivity contribution < 1.29 is 13.9 Å². The molecule has 1 aromatic heterocycles. The van der Waals surface area contributed by atoms with Gasteiger partial charge in [-0.3, -0.25) is 4.79 Å². The summed E-state index contributed by atoms with van der Waals surface area (Å²) in [6.07, 6.45) is 0. The number of amides is 1. The summed E-state index contributed by atoms with van der Waals surface area (Å²) in [5.41, 5.74) is 4.24. The molecule has 1 N–H and O–H groups in total. The zero-order valence-corrected chi connectivity index (χ0v) is 19.1. The second-order valence-corrected chi connectivity index (χ2v) is 8.31. The maximum Gasteiger partial charge on any atom is 0.259 e. The number of para-hydroxylation sites is 1. The Morgan fingerprint density at radius 3 is 2.62 bits per heavy atom. The van der Waals surface area contributed by atoms with Gasteiger partial charge < -0.3 is 14.5 Å². The molecule has 158 valence electrons. The Labute approximate surface area is 193 Å². The van der Waals surface area contributed by atoms with Crippen LogP contribution in [0, 0.1) is 6.92 Å². The van der Waals surface area contributed by atoms with Gasteiger partial charge in [0.2, 0.25) is 5.89 Å². The van der Waals surface area contributed by atoms with Crippen LogP contribution < -0.4 is 10.1 Å². The Kier molecular flexibility index (Phi) is 5.15. The smallest absolute Gasteiger partial charge is 0.259 e. The van der Waals surface area contributed by atoms with Crippen molar-refractivity contribution in [3.8, 4) is 17.2 Å². The van der Waals surface area contributed by atoms with E-state index in [1.165, 1.54) is 0 Å². The number of halogens is 1. The molecule has 0 spiro atoms. The number of aryl methyl sites for hydroxylation is 1. The molecule has 6 heteroatoms. The van der Waals surface area contributed by atoms with Crippen LogP contribution in [0.4, 0.5) is 5.69 Å². The molecule has 0 aliphatic rings. The highest BCUT2D eigenvalue weighted by molar-refractivity contribution is 9.10. The Hall–Kier alpha value is -3.64. The highest BCUT2D eigenvalue weighted by atomic mass is 79.9. The summed E-state index contributed by atoms with van der Waals surface area (Å²) in [4.78, 5) is 17.5. The second-order valence-electron chi connectivity index (χ2n) is 7.45. The molecule has 0 fully saturated rings. The maximum atomic E-state index is 12.8. The fourth-order valence-electron chi connectivity index (χ4n) is 3.88. The fraction of sp³-hybridized carbons (Fsp3) is 0.0769. The van der Waals surface area contributed by atoms with E-state index in [1.807, 2.05) is 61.5 Å². The zero-order valence-electron chi connectivity index (χ0n) is 17.5. The van der Waals surface area contributed by atoms with E-state index in [4.69, 9.17) is 14.1 Å². The zero-order chi connectivity index (χ0) is 22.2. The Morgan fingerprint density at radius 2 is 1.78 bits per heavy atom. The first-order valence-corrected chi connectivity index (χ1v) is 10.9. The van der Waals surface area contributed by atoms with Crippen LogP contribution in [0.2, 0.25) is 0 Å². The number of nitrogens with zero attached hydrogens (tertiary/aromatic N) is 1. The number of carbonyl (C=O) groups excluding carboxylic acids is 1. The summed E-state index contributed by atoms with van der Waals surface area (Å²) >= 11 is 3.60. The van der Waals surface area contributed by atoms with Gasteiger partial charge in [0.25, 0.3) is 5.91 Å². The molecule has 5 nitrogen and oxygen atoms in total. The SMILES string of the molecule is COc1c(C)cccc1C(=O)Nc1ccc2oc(-c3cccc4c(Br)cccc34)nc2c1. The van der Waals surface area contributed by atoms with Gasteiger partial charge in [0.05, 0.1) is 12.7 Å². The van der Waals surface area contributed by atoms with E-state index in [0.717, 1.165) is 26.4 Å². The third-order valence-electron chi connectivity index (χ3n) is 5.41. The van der Waals surface area contributed by atoms with Gasteiger partial charge in [0.1, 0.15) is 11.3 Å². The van der Waals surface area contributed by atoms with Crippen molar-refractivity contribution in [2.75, 3.05) is 12.4 Å². The van der Waals surface area contributed by atoms with Gasteiger partial charge in [-0.1, -0.05) is 52.3 Å². The number of carbonyl (C=O) groups is 1. The van der Waals surface area contributed by atoms with Gasteiger partial charge in [-0.2, -0.15) is 0 Å². The number of benzene rings is 4. The van der Waals surface area contributed by atoms with Crippen LogP contribution >= 0.6 is 15.9 Å². The standard InChI is InChI=1S/C26H19BrN2O3/c1-15-6-3-10-20(24(15)31-2)25(30)28-16-12-13-23-22(14-16)29-26(32-23)19-9-4-8-18-17(19)7-5-11-21(18)27/h3-14H,1-2H3,(H,28,30). The molecular formula is C26H19BrN2O3. The van der Waals surface area contributed by atoms with Crippen molar-refractivity contribution in [1.82, 2.24) is 4.98 Å². The highest BCUT2D eigenvalue weighted by Crippen LogP contribution is 2.34. The Balaban J connectivity index is 1.50. The molecule has 0 saturated heterocycles. The molecule has 5 aromatic rings. The van der Waals surface area contributed by atoms with E-state index in [-0.39, 0.29) is 5.91 Å². The minimum Gasteiger partial charge on any atom is -0.496 e. The number of anilines is 1. The maximum absolute atomic E-state index is 12.8. The van der Waals surface area contributed by atoms with Crippen molar-refractivity contribution in [3.63, 3.8) is 0 Å². The lowest BCUT2D eigenvalue weighted by Crippen LogP contribution is -2.13. The fourth-order valence-corrected chi connectivity index (χ4v) is 4.38. The van der Waals surface area contributed by atoms with Crippen LogP contribution in [0.3, 0.4) is 0 Å². The predicted octanol–water partition coefficient (Wildman–Crippen LogP) is 6.98. The van der Waals surface area contributed by atoms with Crippen molar-refractivity contribution in [3.05, 3.63) is 88.4 Å². The van der Waals surface area contributed by atoms with Gasteiger partial charge in [-0.05, 0) is 59.7 Å². The molecule has 5 rings (SSSR count). The molecule has 0 bridgehead atoms. The Bertz CT molecular complexity index is 1490. The van der Waals surface area contributed by atoms with Gasteiger partial charge >= 0.3 is 0 Å². The summed E-state index contributed by atoms with van der Waals surface area (Å²) < 4.78 is 12.5. The van der Waals surface area contributed by atoms with E-state index < -0.39 is 0 Å². The molecular weight excluding hydrogens is 468 g/mol. The van der Waals surface area contributed by atoms with Gasteiger partial charge in [0, 0.05) is 15.7 Å². The number of ether oxygens (including phenoxy) is 1. The quantitative estimate of drug-likeness (QED) is 0.297. The lowest BCUT2D eigenvalue weighted by molar-refractivity contribution is 0.102. The lowest BCUT2D eigenvalue weighted by Gasteiger charge is -2.11. The van der Waals surface area contributed by atoms with E-state index >= 15 is 0 Å². The van der Waals surface area contributed by atoms with Crippen molar-refractivity contribution in [2.24, 2.45) is 0 Å². The number of hydrogen-bond donors (Lipinski definition) is 1. The third-order valence-corrected chi connectivity index (χ3v) is 6.10. The number of hydrogen-bond acceptors (Lipinski definition) is 4. The minimum absolute atomic E-state index is 0.243. The summed E-state index contributed by atoms with van der Waals surface area (Å²) in [5.74, 6) is 0.858. The normalized spacial score (nSPS) is 11.1. The second kappa shape index (κ2) is 8.13. The molecule has 1 amide bonds. The molecule has 32 heavy (non-hydrogen) atoms. The molecule has 0 aliphatic heterocycles. The monoisotopic (exact) mass is 486 g/mol. The summed E-state index contributed by atoms with van der Waals surface area (Å²) in [6, 6.07) is 23.0. The number of aromatic nitrogens is 1. The van der Waals surface area contributed by atoms with Crippen LogP contribution in [-0.2, 0) is 0 Å². The first-order valence-electron chi connectivity index (χ1n) is 10.1. The average molecular weight is 487 g/mol. The molecule has 0 unspecified atom stereocenters. The molecule has 1 heterocycles. The molecule has 4 aromatic carbocycles. The first kappa shape index (κ1) is 20.3. The van der Waals surface area contributed by atoms with Crippen LogP contribution in [-0.4, -0.2) is 18.0 Å². The molecule has 0 aliphatic carbocycles. The van der Waals surface area contributed by atoms with E-state index in [2.05, 4.69) is 27.3 Å². The summed E-state index contributed by atoms with van der Waals surface area (Å²) in [5, 5.41) is 5.07. The molecule has 0 saturated carbocycles. The third kappa shape index (κ3) is 3.52. The number of rotatable bonds is 4. The number of nitrogens with one attached hydrogen (secondary N) is 1. The van der Waals surface area contributed by atoms with Crippen molar-refractivity contribution >= 4 is 49.4 Å². The van der Waals surface area contributed by atoms with Gasteiger partial charge in [-0.15, -0.1) is 0 Å². The summed E-state index contributed by atoms with van der Waals surface area (Å²) in [6.45, 7) is 1.91. The minimum atomic E-state index is -0.243. The largest absolute Gasteiger partial charge is 0.496 e. The number of methoxy groups -OCH3 is 1. The predicted molar refractivity (Wildman–Crippen MR) is 130 cm³/mol. The summed E-state index contributed by atoms with van der Waals surface area (Å²) in [7, 11) is 1.56. The van der Waals surface area contributed by atoms with Gasteiger partial charge in [-0.25, -0.2) is 4.98 Å². The van der Waals surface area contributed by atoms with E-state index in [1.54, 1.807) is 19.2 Å².